The van der Waals surface area contributed by atoms with Crippen LogP contribution in [0, 0.1) is 0 Å². The molecule has 0 spiro atoms. The summed E-state index contributed by atoms with van der Waals surface area (Å²) in [5, 5.41) is 0. The number of carbonyl (C=O) groups excluding carboxylic acids is 1. The Morgan fingerprint density at radius 1 is 1.10 bits per heavy atom. The van der Waals surface area contributed by atoms with Crippen LogP contribution in [0.25, 0.3) is 0 Å². The fourth-order valence-electron chi connectivity index (χ4n) is 0.337. The summed E-state index contributed by atoms with van der Waals surface area (Å²) in [4.78, 5) is 9.99. The Balaban J connectivity index is 4.40. The molecule has 0 saturated carbocycles. The van der Waals surface area contributed by atoms with Gasteiger partial charge in [0.1, 0.15) is 0 Å². The molecule has 0 aromatic rings. The molecular formula is C5H6F4O. The lowest BCUT2D eigenvalue weighted by Crippen LogP contribution is -2.38. The highest BCUT2D eigenvalue weighted by atomic mass is 19.4. The van der Waals surface area contributed by atoms with Gasteiger partial charge in [-0.15, -0.1) is 0 Å². The van der Waals surface area contributed by atoms with E-state index in [-0.39, 0.29) is 0 Å². The maximum absolute atomic E-state index is 12.2. The molecule has 0 fully saturated rings. The average Bonchev–Trinajstić information content (AvgIpc) is 1.59. The van der Waals surface area contributed by atoms with E-state index in [2.05, 4.69) is 0 Å². The average molecular weight is 158 g/mol. The van der Waals surface area contributed by atoms with Crippen molar-refractivity contribution in [3.05, 3.63) is 0 Å². The van der Waals surface area contributed by atoms with Gasteiger partial charge in [-0.05, 0) is 13.8 Å². The van der Waals surface area contributed by atoms with Gasteiger partial charge in [-0.3, -0.25) is 4.79 Å². The summed E-state index contributed by atoms with van der Waals surface area (Å²) in [7, 11) is 0. The van der Waals surface area contributed by atoms with Crippen LogP contribution in [-0.4, -0.2) is 17.6 Å². The number of ketones is 1. The van der Waals surface area contributed by atoms with Gasteiger partial charge in [0.05, 0.1) is 0 Å². The van der Waals surface area contributed by atoms with Crippen molar-refractivity contribution in [1.82, 2.24) is 0 Å². The molecule has 10 heavy (non-hydrogen) atoms. The summed E-state index contributed by atoms with van der Waals surface area (Å²) in [6.07, 6.45) is -5.07. The second-order valence-corrected chi connectivity index (χ2v) is 2.30. The number of rotatable bonds is 1. The first-order valence-electron chi connectivity index (χ1n) is 2.46. The zero-order chi connectivity index (χ0) is 8.58. The molecule has 0 aliphatic heterocycles. The van der Waals surface area contributed by atoms with Crippen LogP contribution >= 0.6 is 0 Å². The van der Waals surface area contributed by atoms with Gasteiger partial charge in [0.15, 0.2) is 5.67 Å². The number of Topliss-reactive ketones (excluding diaryl/α,β-unsaturated/α-hetero) is 1. The number of carbonyl (C=O) groups is 1. The first-order chi connectivity index (χ1) is 4.15. The molecule has 0 amide bonds. The molecule has 1 nitrogen and oxygen atoms in total. The van der Waals surface area contributed by atoms with Crippen LogP contribution in [-0.2, 0) is 4.79 Å². The second kappa shape index (κ2) is 2.21. The van der Waals surface area contributed by atoms with Crippen LogP contribution in [0.3, 0.4) is 0 Å². The Labute approximate surface area is 55.0 Å². The fourth-order valence-corrected chi connectivity index (χ4v) is 0.337. The van der Waals surface area contributed by atoms with Crippen LogP contribution in [0.4, 0.5) is 17.6 Å². The van der Waals surface area contributed by atoms with E-state index in [0.29, 0.717) is 13.8 Å². The van der Waals surface area contributed by atoms with E-state index in [9.17, 15) is 22.4 Å². The van der Waals surface area contributed by atoms with Crippen molar-refractivity contribution < 1.29 is 22.4 Å². The van der Waals surface area contributed by atoms with E-state index in [1.165, 1.54) is 0 Å². The monoisotopic (exact) mass is 158 g/mol. The van der Waals surface area contributed by atoms with Gasteiger partial charge in [0.2, 0.25) is 0 Å². The van der Waals surface area contributed by atoms with Gasteiger partial charge in [-0.25, -0.2) is 4.39 Å². The minimum absolute atomic E-state index is 0.572. The molecule has 60 valence electrons. The third kappa shape index (κ3) is 2.33. The summed E-state index contributed by atoms with van der Waals surface area (Å²) < 4.78 is 46.3. The molecule has 0 aromatic carbocycles. The Hall–Kier alpha value is -0.610. The molecule has 0 bridgehead atoms. The summed E-state index contributed by atoms with van der Waals surface area (Å²) in [6, 6.07) is 0. The van der Waals surface area contributed by atoms with E-state index in [4.69, 9.17) is 0 Å². The third-order valence-corrected chi connectivity index (χ3v) is 0.797. The Morgan fingerprint density at radius 2 is 1.40 bits per heavy atom. The first kappa shape index (κ1) is 9.39. The molecule has 0 N–H and O–H groups in total. The summed E-state index contributed by atoms with van der Waals surface area (Å²) in [5.41, 5.74) is -2.82. The molecule has 0 rings (SSSR count). The van der Waals surface area contributed by atoms with Crippen molar-refractivity contribution >= 4 is 5.78 Å². The van der Waals surface area contributed by atoms with Crippen molar-refractivity contribution in [1.29, 1.82) is 0 Å². The van der Waals surface area contributed by atoms with Crippen LogP contribution in [0.15, 0.2) is 0 Å². The minimum Gasteiger partial charge on any atom is -0.286 e. The Kier molecular flexibility index (Phi) is 2.08. The highest BCUT2D eigenvalue weighted by Gasteiger charge is 2.48. The highest BCUT2D eigenvalue weighted by Crippen LogP contribution is 2.25. The summed E-state index contributed by atoms with van der Waals surface area (Å²) in [6.45, 7) is 1.14. The number of hydrogen-bond acceptors (Lipinski definition) is 1. The standard InChI is InChI=1S/C5H6F4O/c1-4(2,6)3(10)5(7,8)9/h1-2H3. The normalized spacial score (nSPS) is 13.4. The first-order valence-corrected chi connectivity index (χ1v) is 2.46. The molecule has 0 unspecified atom stereocenters. The maximum atomic E-state index is 12.2. The van der Waals surface area contributed by atoms with Gasteiger partial charge in [-0.1, -0.05) is 0 Å². The highest BCUT2D eigenvalue weighted by molar-refractivity contribution is 5.91. The van der Waals surface area contributed by atoms with E-state index < -0.39 is 17.6 Å². The van der Waals surface area contributed by atoms with Gasteiger partial charge in [-0.2, -0.15) is 13.2 Å². The van der Waals surface area contributed by atoms with Crippen molar-refractivity contribution in [2.75, 3.05) is 0 Å². The summed E-state index contributed by atoms with van der Waals surface area (Å²) >= 11 is 0. The van der Waals surface area contributed by atoms with Gasteiger partial charge in [0.25, 0.3) is 5.78 Å². The lowest BCUT2D eigenvalue weighted by molar-refractivity contribution is -0.181. The second-order valence-electron chi connectivity index (χ2n) is 2.30. The predicted molar refractivity (Wildman–Crippen MR) is 26.2 cm³/mol. The Morgan fingerprint density at radius 3 is 1.40 bits per heavy atom. The summed E-state index contributed by atoms with van der Waals surface area (Å²) in [5.74, 6) is -2.35. The minimum atomic E-state index is -5.07. The molecule has 0 aliphatic carbocycles. The number of alkyl halides is 4. The van der Waals surface area contributed by atoms with Crippen LogP contribution in [0.5, 0.6) is 0 Å². The van der Waals surface area contributed by atoms with E-state index in [0.717, 1.165) is 0 Å². The molecule has 0 aliphatic rings. The lowest BCUT2D eigenvalue weighted by Gasteiger charge is -2.13. The zero-order valence-corrected chi connectivity index (χ0v) is 5.42. The van der Waals surface area contributed by atoms with Crippen molar-refractivity contribution in [2.24, 2.45) is 0 Å². The molecule has 0 heterocycles. The number of halogens is 4. The van der Waals surface area contributed by atoms with Crippen molar-refractivity contribution in [2.45, 2.75) is 25.7 Å². The Bertz CT molecular complexity index is 125. The van der Waals surface area contributed by atoms with E-state index in [1.54, 1.807) is 0 Å². The molecule has 0 atom stereocenters. The number of hydrogen-bond donors (Lipinski definition) is 0. The lowest BCUT2D eigenvalue weighted by atomic mass is 10.1. The molecule has 0 aromatic heterocycles. The largest absolute Gasteiger partial charge is 0.453 e. The van der Waals surface area contributed by atoms with Crippen LogP contribution < -0.4 is 0 Å². The molecule has 0 saturated heterocycles. The topological polar surface area (TPSA) is 17.1 Å². The van der Waals surface area contributed by atoms with Crippen molar-refractivity contribution in [3.63, 3.8) is 0 Å². The van der Waals surface area contributed by atoms with Gasteiger partial charge < -0.3 is 0 Å². The quantitative estimate of drug-likeness (QED) is 0.532. The van der Waals surface area contributed by atoms with Crippen molar-refractivity contribution in [3.8, 4) is 0 Å². The van der Waals surface area contributed by atoms with Gasteiger partial charge in [0, 0.05) is 0 Å². The van der Waals surface area contributed by atoms with E-state index in [1.807, 2.05) is 0 Å². The molecule has 0 radical (unpaired) electrons. The maximum Gasteiger partial charge on any atom is 0.453 e. The molecule has 5 heteroatoms. The zero-order valence-electron chi connectivity index (χ0n) is 5.42. The SMILES string of the molecule is CC(C)(F)C(=O)C(F)(F)F. The van der Waals surface area contributed by atoms with Crippen LogP contribution in [0.1, 0.15) is 13.8 Å². The van der Waals surface area contributed by atoms with Crippen LogP contribution in [0.2, 0.25) is 0 Å². The molecular weight excluding hydrogens is 152 g/mol. The van der Waals surface area contributed by atoms with Gasteiger partial charge >= 0.3 is 6.18 Å². The predicted octanol–water partition coefficient (Wildman–Crippen LogP) is 1.87. The van der Waals surface area contributed by atoms with E-state index >= 15 is 0 Å². The fraction of sp³-hybridized carbons (Fsp3) is 0.800. The third-order valence-electron chi connectivity index (χ3n) is 0.797. The smallest absolute Gasteiger partial charge is 0.286 e.